The third kappa shape index (κ3) is 2.33. The van der Waals surface area contributed by atoms with Crippen molar-refractivity contribution in [3.63, 3.8) is 0 Å². The van der Waals surface area contributed by atoms with Crippen LogP contribution in [0.3, 0.4) is 0 Å². The fourth-order valence-electron chi connectivity index (χ4n) is 2.49. The smallest absolute Gasteiger partial charge is 0.102 e. The molecular formula is C18H14N2O. The fraction of sp³-hybridized carbons (Fsp3) is 0.0556. The number of aliphatic hydroxyl groups excluding tert-OH is 1. The lowest BCUT2D eigenvalue weighted by molar-refractivity contribution is 0.282. The van der Waals surface area contributed by atoms with Crippen molar-refractivity contribution in [3.05, 3.63) is 71.8 Å². The first-order valence-electron chi connectivity index (χ1n) is 6.71. The molecule has 3 rings (SSSR count). The van der Waals surface area contributed by atoms with E-state index in [0.717, 1.165) is 22.5 Å². The van der Waals surface area contributed by atoms with Crippen LogP contribution in [0.15, 0.2) is 60.7 Å². The minimum Gasteiger partial charge on any atom is -0.392 e. The predicted molar refractivity (Wildman–Crippen MR) is 82.3 cm³/mol. The van der Waals surface area contributed by atoms with Gasteiger partial charge in [0.1, 0.15) is 6.07 Å². The van der Waals surface area contributed by atoms with Gasteiger partial charge in [0.15, 0.2) is 0 Å². The van der Waals surface area contributed by atoms with Crippen LogP contribution in [0.1, 0.15) is 11.1 Å². The number of aliphatic hydroxyl groups is 1. The number of benzene rings is 2. The third-order valence-electron chi connectivity index (χ3n) is 3.50. The van der Waals surface area contributed by atoms with Crippen molar-refractivity contribution >= 4 is 0 Å². The summed E-state index contributed by atoms with van der Waals surface area (Å²) in [6.45, 7) is -0.170. The van der Waals surface area contributed by atoms with Crippen LogP contribution < -0.4 is 0 Å². The number of nitrogens with one attached hydrogen (secondary N) is 1. The molecular weight excluding hydrogens is 260 g/mol. The molecule has 0 saturated heterocycles. The quantitative estimate of drug-likeness (QED) is 0.764. The van der Waals surface area contributed by atoms with Gasteiger partial charge >= 0.3 is 0 Å². The van der Waals surface area contributed by atoms with Gasteiger partial charge in [-0.05, 0) is 11.1 Å². The second-order valence-electron chi connectivity index (χ2n) is 4.73. The van der Waals surface area contributed by atoms with E-state index in [0.29, 0.717) is 11.1 Å². The molecule has 0 amide bonds. The Morgan fingerprint density at radius 3 is 1.86 bits per heavy atom. The summed E-state index contributed by atoms with van der Waals surface area (Å²) in [5.74, 6) is 0. The monoisotopic (exact) mass is 274 g/mol. The molecule has 3 heteroatoms. The Labute approximate surface area is 123 Å². The van der Waals surface area contributed by atoms with Crippen LogP contribution in [0.4, 0.5) is 0 Å². The van der Waals surface area contributed by atoms with E-state index in [1.165, 1.54) is 0 Å². The predicted octanol–water partition coefficient (Wildman–Crippen LogP) is 3.71. The molecule has 102 valence electrons. The summed E-state index contributed by atoms with van der Waals surface area (Å²) in [4.78, 5) is 3.30. The third-order valence-corrected chi connectivity index (χ3v) is 3.50. The highest BCUT2D eigenvalue weighted by Crippen LogP contribution is 2.33. The van der Waals surface area contributed by atoms with Gasteiger partial charge in [-0.2, -0.15) is 5.26 Å². The Balaban J connectivity index is 2.24. The van der Waals surface area contributed by atoms with Crippen LogP contribution in [0.5, 0.6) is 0 Å². The Kier molecular flexibility index (Phi) is 3.55. The average molecular weight is 274 g/mol. The van der Waals surface area contributed by atoms with Gasteiger partial charge in [-0.15, -0.1) is 0 Å². The molecule has 0 aliphatic carbocycles. The van der Waals surface area contributed by atoms with Gasteiger partial charge < -0.3 is 10.1 Å². The molecule has 0 radical (unpaired) electrons. The van der Waals surface area contributed by atoms with Crippen molar-refractivity contribution in [2.45, 2.75) is 6.61 Å². The van der Waals surface area contributed by atoms with Gasteiger partial charge in [0, 0.05) is 5.56 Å². The van der Waals surface area contributed by atoms with E-state index in [1.807, 2.05) is 60.7 Å². The van der Waals surface area contributed by atoms with E-state index in [-0.39, 0.29) is 6.61 Å². The first-order valence-corrected chi connectivity index (χ1v) is 6.71. The van der Waals surface area contributed by atoms with Gasteiger partial charge in [-0.3, -0.25) is 0 Å². The normalized spacial score (nSPS) is 10.3. The molecule has 0 aliphatic heterocycles. The van der Waals surface area contributed by atoms with Gasteiger partial charge in [-0.25, -0.2) is 0 Å². The Hall–Kier alpha value is -2.83. The van der Waals surface area contributed by atoms with Crippen LogP contribution in [0.2, 0.25) is 0 Å². The Bertz CT molecular complexity index is 783. The van der Waals surface area contributed by atoms with Crippen molar-refractivity contribution in [3.8, 4) is 28.6 Å². The summed E-state index contributed by atoms with van der Waals surface area (Å²) in [6, 6.07) is 21.6. The molecule has 0 atom stereocenters. The van der Waals surface area contributed by atoms with Crippen LogP contribution in [-0.2, 0) is 6.61 Å². The zero-order valence-electron chi connectivity index (χ0n) is 11.4. The molecule has 3 nitrogen and oxygen atoms in total. The molecule has 0 bridgehead atoms. The molecule has 0 fully saturated rings. The maximum Gasteiger partial charge on any atom is 0.102 e. The SMILES string of the molecule is N#Cc1c(-c2ccccc2)[nH]c(-c2ccccc2)c1CO. The maximum atomic E-state index is 9.68. The number of hydrogen-bond acceptors (Lipinski definition) is 2. The lowest BCUT2D eigenvalue weighted by atomic mass is 10.0. The maximum absolute atomic E-state index is 9.68. The Morgan fingerprint density at radius 2 is 1.38 bits per heavy atom. The van der Waals surface area contributed by atoms with E-state index in [9.17, 15) is 10.4 Å². The lowest BCUT2D eigenvalue weighted by Crippen LogP contribution is -1.88. The topological polar surface area (TPSA) is 59.8 Å². The summed E-state index contributed by atoms with van der Waals surface area (Å²) < 4.78 is 0. The average Bonchev–Trinajstić information content (AvgIpc) is 2.95. The molecule has 2 N–H and O–H groups in total. The van der Waals surface area contributed by atoms with Gasteiger partial charge in [-0.1, -0.05) is 60.7 Å². The summed E-state index contributed by atoms with van der Waals surface area (Å²) in [6.07, 6.45) is 0. The van der Waals surface area contributed by atoms with E-state index in [2.05, 4.69) is 11.1 Å². The molecule has 1 heterocycles. The van der Waals surface area contributed by atoms with E-state index in [4.69, 9.17) is 0 Å². The first-order chi connectivity index (χ1) is 10.3. The highest BCUT2D eigenvalue weighted by molar-refractivity contribution is 5.78. The summed E-state index contributed by atoms with van der Waals surface area (Å²) >= 11 is 0. The second-order valence-corrected chi connectivity index (χ2v) is 4.73. The van der Waals surface area contributed by atoms with E-state index in [1.54, 1.807) is 0 Å². The van der Waals surface area contributed by atoms with Crippen molar-refractivity contribution < 1.29 is 5.11 Å². The molecule has 1 aromatic heterocycles. The van der Waals surface area contributed by atoms with Gasteiger partial charge in [0.05, 0.1) is 23.6 Å². The minimum atomic E-state index is -0.170. The van der Waals surface area contributed by atoms with Crippen LogP contribution in [-0.4, -0.2) is 10.1 Å². The van der Waals surface area contributed by atoms with Gasteiger partial charge in [0.25, 0.3) is 0 Å². The molecule has 0 saturated carbocycles. The standard InChI is InChI=1S/C18H14N2O/c19-11-15-16(12-21)18(14-9-5-2-6-10-14)20-17(15)13-7-3-1-4-8-13/h1-10,20-21H,12H2. The molecule has 2 aromatic carbocycles. The molecule has 21 heavy (non-hydrogen) atoms. The number of rotatable bonds is 3. The van der Waals surface area contributed by atoms with Crippen molar-refractivity contribution in [1.82, 2.24) is 4.98 Å². The van der Waals surface area contributed by atoms with Crippen LogP contribution in [0.25, 0.3) is 22.5 Å². The minimum absolute atomic E-state index is 0.170. The number of H-pyrrole nitrogens is 1. The van der Waals surface area contributed by atoms with E-state index < -0.39 is 0 Å². The number of aromatic nitrogens is 1. The lowest BCUT2D eigenvalue weighted by Gasteiger charge is -2.01. The fourth-order valence-corrected chi connectivity index (χ4v) is 2.49. The summed E-state index contributed by atoms with van der Waals surface area (Å²) in [5, 5.41) is 19.2. The van der Waals surface area contributed by atoms with Crippen LogP contribution >= 0.6 is 0 Å². The van der Waals surface area contributed by atoms with Crippen molar-refractivity contribution in [1.29, 1.82) is 5.26 Å². The Morgan fingerprint density at radius 1 is 0.857 bits per heavy atom. The van der Waals surface area contributed by atoms with Crippen molar-refractivity contribution in [2.24, 2.45) is 0 Å². The largest absolute Gasteiger partial charge is 0.392 e. The van der Waals surface area contributed by atoms with Gasteiger partial charge in [0.2, 0.25) is 0 Å². The zero-order chi connectivity index (χ0) is 14.7. The van der Waals surface area contributed by atoms with Crippen molar-refractivity contribution in [2.75, 3.05) is 0 Å². The zero-order valence-corrected chi connectivity index (χ0v) is 11.4. The highest BCUT2D eigenvalue weighted by Gasteiger charge is 2.18. The number of aromatic amines is 1. The first kappa shape index (κ1) is 13.2. The molecule has 0 aliphatic rings. The van der Waals surface area contributed by atoms with Crippen LogP contribution in [0, 0.1) is 11.3 Å². The number of nitrogens with zero attached hydrogens (tertiary/aromatic N) is 1. The second kappa shape index (κ2) is 5.66. The number of nitriles is 1. The highest BCUT2D eigenvalue weighted by atomic mass is 16.3. The molecule has 0 unspecified atom stereocenters. The summed E-state index contributed by atoms with van der Waals surface area (Å²) in [7, 11) is 0. The molecule has 3 aromatic rings. The van der Waals surface area contributed by atoms with E-state index >= 15 is 0 Å². The summed E-state index contributed by atoms with van der Waals surface area (Å²) in [5.41, 5.74) is 4.59. The molecule has 0 spiro atoms. The number of hydrogen-bond donors (Lipinski definition) is 2.